The summed E-state index contributed by atoms with van der Waals surface area (Å²) in [6.07, 6.45) is 8.54. The van der Waals surface area contributed by atoms with Crippen LogP contribution in [0.4, 0.5) is 0 Å². The van der Waals surface area contributed by atoms with Crippen molar-refractivity contribution >= 4 is 11.8 Å². The second kappa shape index (κ2) is 7.02. The van der Waals surface area contributed by atoms with Crippen molar-refractivity contribution in [2.24, 2.45) is 7.05 Å². The number of carbonyl (C=O) groups is 2. The number of hydrogen-bond donors (Lipinski definition) is 0. The van der Waals surface area contributed by atoms with Crippen molar-refractivity contribution in [2.45, 2.75) is 43.9 Å². The highest BCUT2D eigenvalue weighted by atomic mass is 16.5. The predicted molar refractivity (Wildman–Crippen MR) is 105 cm³/mol. The van der Waals surface area contributed by atoms with Crippen LogP contribution in [-0.4, -0.2) is 68.0 Å². The molecule has 154 valence electrons. The first kappa shape index (κ1) is 18.4. The Morgan fingerprint density at radius 1 is 1.10 bits per heavy atom. The van der Waals surface area contributed by atoms with E-state index in [1.165, 1.54) is 0 Å². The van der Waals surface area contributed by atoms with Gasteiger partial charge in [0.05, 0.1) is 6.54 Å². The lowest BCUT2D eigenvalue weighted by molar-refractivity contribution is -0.179. The van der Waals surface area contributed by atoms with Gasteiger partial charge < -0.3 is 23.7 Å². The normalized spacial score (nSPS) is 23.4. The molecule has 2 fully saturated rings. The summed E-state index contributed by atoms with van der Waals surface area (Å²) in [5.74, 6) is 1.01. The molecule has 2 amide bonds. The van der Waals surface area contributed by atoms with E-state index in [1.807, 2.05) is 45.9 Å². The molecule has 0 unspecified atom stereocenters. The molecule has 2 saturated heterocycles. The van der Waals surface area contributed by atoms with Gasteiger partial charge in [0.1, 0.15) is 17.1 Å². The van der Waals surface area contributed by atoms with E-state index < -0.39 is 11.7 Å². The highest BCUT2D eigenvalue weighted by Crippen LogP contribution is 2.40. The molecule has 0 aromatic carbocycles. The number of carbonyl (C=O) groups excluding carboxylic acids is 2. The number of likely N-dealkylation sites (tertiary alicyclic amines) is 2. The van der Waals surface area contributed by atoms with E-state index in [4.69, 9.17) is 4.74 Å². The number of hydrogen-bond acceptors (Lipinski definition) is 4. The number of amides is 2. The topological polar surface area (TPSA) is 72.6 Å². The van der Waals surface area contributed by atoms with Crippen LogP contribution in [-0.2, 0) is 28.7 Å². The molecule has 3 aliphatic heterocycles. The Morgan fingerprint density at radius 2 is 1.86 bits per heavy atom. The van der Waals surface area contributed by atoms with Crippen LogP contribution in [0.5, 0.6) is 0 Å². The maximum Gasteiger partial charge on any atom is 0.270 e. The van der Waals surface area contributed by atoms with E-state index >= 15 is 0 Å². The smallest absolute Gasteiger partial charge is 0.270 e. The molecule has 1 atom stereocenters. The summed E-state index contributed by atoms with van der Waals surface area (Å²) in [4.78, 5) is 34.3. The minimum absolute atomic E-state index is 0.0381. The third-order valence-corrected chi connectivity index (χ3v) is 6.57. The molecule has 2 aromatic rings. The monoisotopic (exact) mass is 397 g/mol. The Bertz CT molecular complexity index is 918. The van der Waals surface area contributed by atoms with Crippen molar-refractivity contribution in [3.63, 3.8) is 0 Å². The fourth-order valence-electron chi connectivity index (χ4n) is 4.92. The Balaban J connectivity index is 1.35. The molecule has 0 N–H and O–H groups in total. The Labute approximate surface area is 170 Å². The highest BCUT2D eigenvalue weighted by molar-refractivity contribution is 5.92. The van der Waals surface area contributed by atoms with Gasteiger partial charge in [0.15, 0.2) is 6.10 Å². The third-order valence-electron chi connectivity index (χ3n) is 6.57. The zero-order valence-corrected chi connectivity index (χ0v) is 16.8. The summed E-state index contributed by atoms with van der Waals surface area (Å²) in [7, 11) is 1.88. The molecule has 0 aliphatic carbocycles. The van der Waals surface area contributed by atoms with Gasteiger partial charge in [-0.25, -0.2) is 4.98 Å². The summed E-state index contributed by atoms with van der Waals surface area (Å²) in [5, 5.41) is 0. The number of fused-ring (bicyclic) bond motifs is 2. The molecule has 0 radical (unpaired) electrons. The van der Waals surface area contributed by atoms with Crippen LogP contribution in [0.1, 0.15) is 42.0 Å². The second-order valence-electron chi connectivity index (χ2n) is 8.33. The quantitative estimate of drug-likeness (QED) is 0.767. The first-order valence-corrected chi connectivity index (χ1v) is 10.5. The molecule has 2 aromatic heterocycles. The molecule has 5 rings (SSSR count). The van der Waals surface area contributed by atoms with Gasteiger partial charge in [-0.05, 0) is 25.0 Å². The molecule has 0 bridgehead atoms. The SMILES string of the molecule is Cn1cccc1C(=O)N1CCC2(CC1)O[C@@H](C(=O)N1CCCC1)Cn1ccnc12. The second-order valence-corrected chi connectivity index (χ2v) is 8.33. The molecule has 3 aliphatic rings. The molecule has 8 heteroatoms. The van der Waals surface area contributed by atoms with Crippen LogP contribution in [0.3, 0.4) is 0 Å². The van der Waals surface area contributed by atoms with E-state index in [9.17, 15) is 9.59 Å². The van der Waals surface area contributed by atoms with Gasteiger partial charge in [0.2, 0.25) is 0 Å². The predicted octanol–water partition coefficient (Wildman–Crippen LogP) is 1.37. The third kappa shape index (κ3) is 3.06. The van der Waals surface area contributed by atoms with E-state index in [2.05, 4.69) is 9.55 Å². The maximum atomic E-state index is 13.0. The van der Waals surface area contributed by atoms with Crippen molar-refractivity contribution in [2.75, 3.05) is 26.2 Å². The fraction of sp³-hybridized carbons (Fsp3) is 0.571. The number of aryl methyl sites for hydroxylation is 1. The average Bonchev–Trinajstić information content (AvgIpc) is 3.49. The average molecular weight is 397 g/mol. The summed E-state index contributed by atoms with van der Waals surface area (Å²) in [5.41, 5.74) is 0.0846. The van der Waals surface area contributed by atoms with Gasteiger partial charge >= 0.3 is 0 Å². The van der Waals surface area contributed by atoms with Crippen LogP contribution in [0.15, 0.2) is 30.7 Å². The molecule has 29 heavy (non-hydrogen) atoms. The standard InChI is InChI=1S/C21H27N5O3/c1-23-9-4-5-16(23)18(27)25-12-6-21(7-13-25)20-22-8-14-26(20)15-17(29-21)19(28)24-10-2-3-11-24/h4-5,8-9,14,17H,2-3,6-7,10-13,15H2,1H3/t17-/m1/s1. The Hall–Kier alpha value is -2.61. The number of imidazole rings is 1. The lowest BCUT2D eigenvalue weighted by atomic mass is 9.88. The zero-order chi connectivity index (χ0) is 20.0. The van der Waals surface area contributed by atoms with E-state index in [0.29, 0.717) is 38.2 Å². The van der Waals surface area contributed by atoms with Crippen LogP contribution >= 0.6 is 0 Å². The molecular formula is C21H27N5O3. The van der Waals surface area contributed by atoms with E-state index in [-0.39, 0.29) is 11.8 Å². The van der Waals surface area contributed by atoms with Crippen LogP contribution in [0.2, 0.25) is 0 Å². The van der Waals surface area contributed by atoms with Crippen molar-refractivity contribution in [1.29, 1.82) is 0 Å². The first-order chi connectivity index (χ1) is 14.1. The molecule has 1 spiro atoms. The Morgan fingerprint density at radius 3 is 2.55 bits per heavy atom. The summed E-state index contributed by atoms with van der Waals surface area (Å²) in [6, 6.07) is 3.73. The summed E-state index contributed by atoms with van der Waals surface area (Å²) >= 11 is 0. The summed E-state index contributed by atoms with van der Waals surface area (Å²) < 4.78 is 10.4. The molecule has 0 saturated carbocycles. The van der Waals surface area contributed by atoms with Gasteiger partial charge in [0, 0.05) is 64.7 Å². The van der Waals surface area contributed by atoms with Crippen molar-refractivity contribution in [3.05, 3.63) is 42.2 Å². The first-order valence-electron chi connectivity index (χ1n) is 10.5. The number of piperidine rings is 1. The Kier molecular flexibility index (Phi) is 4.46. The molecule has 8 nitrogen and oxygen atoms in total. The lowest BCUT2D eigenvalue weighted by Crippen LogP contribution is -2.55. The van der Waals surface area contributed by atoms with Crippen molar-refractivity contribution < 1.29 is 14.3 Å². The van der Waals surface area contributed by atoms with E-state index in [1.54, 1.807) is 6.20 Å². The van der Waals surface area contributed by atoms with Gasteiger partial charge in [-0.15, -0.1) is 0 Å². The molecular weight excluding hydrogens is 370 g/mol. The summed E-state index contributed by atoms with van der Waals surface area (Å²) in [6.45, 7) is 3.32. The van der Waals surface area contributed by atoms with Crippen molar-refractivity contribution in [3.8, 4) is 0 Å². The number of rotatable bonds is 2. The van der Waals surface area contributed by atoms with Gasteiger partial charge in [-0.2, -0.15) is 0 Å². The largest absolute Gasteiger partial charge is 0.352 e. The fourth-order valence-corrected chi connectivity index (χ4v) is 4.92. The van der Waals surface area contributed by atoms with E-state index in [0.717, 1.165) is 31.8 Å². The van der Waals surface area contributed by atoms with Crippen molar-refractivity contribution in [1.82, 2.24) is 23.9 Å². The maximum absolute atomic E-state index is 13.0. The minimum Gasteiger partial charge on any atom is -0.352 e. The number of aromatic nitrogens is 3. The highest BCUT2D eigenvalue weighted by Gasteiger charge is 2.48. The number of nitrogens with zero attached hydrogens (tertiary/aromatic N) is 5. The zero-order valence-electron chi connectivity index (χ0n) is 16.8. The van der Waals surface area contributed by atoms with Crippen LogP contribution in [0.25, 0.3) is 0 Å². The van der Waals surface area contributed by atoms with Gasteiger partial charge in [-0.1, -0.05) is 0 Å². The molecule has 5 heterocycles. The van der Waals surface area contributed by atoms with Crippen LogP contribution in [0, 0.1) is 0 Å². The number of ether oxygens (including phenoxy) is 1. The van der Waals surface area contributed by atoms with Gasteiger partial charge in [0.25, 0.3) is 11.8 Å². The van der Waals surface area contributed by atoms with Gasteiger partial charge in [-0.3, -0.25) is 9.59 Å². The lowest BCUT2D eigenvalue weighted by Gasteiger charge is -2.46. The van der Waals surface area contributed by atoms with Crippen LogP contribution < -0.4 is 0 Å². The minimum atomic E-state index is -0.604.